The molecule has 0 bridgehead atoms. The van der Waals surface area contributed by atoms with Crippen LogP contribution in [0.5, 0.6) is 0 Å². The zero-order valence-corrected chi connectivity index (χ0v) is 15.9. The second-order valence-corrected chi connectivity index (χ2v) is 7.33. The Hall–Kier alpha value is -0.610. The summed E-state index contributed by atoms with van der Waals surface area (Å²) < 4.78 is 3.16. The van der Waals surface area contributed by atoms with Crippen molar-refractivity contribution in [3.8, 4) is 0 Å². The predicted molar refractivity (Wildman–Crippen MR) is 89.2 cm³/mol. The Morgan fingerprint density at radius 3 is 1.05 bits per heavy atom. The Morgan fingerprint density at radius 2 is 1.05 bits per heavy atom. The smallest absolute Gasteiger partial charge is 0.248 e. The molecule has 0 aromatic heterocycles. The third-order valence-electron chi connectivity index (χ3n) is 1.43. The van der Waals surface area contributed by atoms with E-state index in [1.165, 1.54) is 5.84 Å². The molecule has 4 heteroatoms. The fraction of sp³-hybridized carbons (Fsp3) is 0.933. The number of amidine groups is 1. The van der Waals surface area contributed by atoms with Crippen molar-refractivity contribution >= 4 is 5.84 Å². The van der Waals surface area contributed by atoms with Gasteiger partial charge in [-0.25, -0.2) is 0 Å². The quantitative estimate of drug-likeness (QED) is 0.310. The van der Waals surface area contributed by atoms with E-state index in [9.17, 15) is 0 Å². The van der Waals surface area contributed by atoms with Crippen molar-refractivity contribution in [1.29, 1.82) is 0 Å². The van der Waals surface area contributed by atoms with Crippen molar-refractivity contribution in [2.24, 2.45) is 5.92 Å². The summed E-state index contributed by atoms with van der Waals surface area (Å²) in [5, 5.41) is 0. The second-order valence-electron chi connectivity index (χ2n) is 7.33. The molecule has 0 fully saturated rings. The highest BCUT2D eigenvalue weighted by atomic mass is 15.2. The van der Waals surface area contributed by atoms with Gasteiger partial charge in [0.1, 0.15) is 0 Å². The number of quaternary nitrogens is 1. The molecule has 0 radical (unpaired) electrons. The molecular weight excluding hydrogens is 236 g/mol. The van der Waals surface area contributed by atoms with Gasteiger partial charge < -0.3 is 9.38 Å². The van der Waals surface area contributed by atoms with Gasteiger partial charge >= 0.3 is 0 Å². The van der Waals surface area contributed by atoms with Gasteiger partial charge in [-0.1, -0.05) is 13.8 Å². The van der Waals surface area contributed by atoms with Crippen LogP contribution in [0, 0.1) is 5.92 Å². The van der Waals surface area contributed by atoms with E-state index < -0.39 is 0 Å². The molecule has 0 amide bonds. The van der Waals surface area contributed by atoms with E-state index >= 15 is 0 Å². The normalized spacial score (nSPS) is 10.3. The molecule has 0 unspecified atom stereocenters. The molecule has 0 saturated heterocycles. The molecule has 0 aliphatic carbocycles. The van der Waals surface area contributed by atoms with E-state index in [4.69, 9.17) is 0 Å². The summed E-state index contributed by atoms with van der Waals surface area (Å²) in [5.74, 6) is 1.96. The third kappa shape index (κ3) is 31.7. The number of hydrogen-bond donors (Lipinski definition) is 0. The lowest BCUT2D eigenvalue weighted by Gasteiger charge is -2.14. The summed E-state index contributed by atoms with van der Waals surface area (Å²) in [7, 11) is 22.8. The van der Waals surface area contributed by atoms with Crippen LogP contribution in [0.4, 0.5) is 0 Å². The molecule has 0 N–H and O–H groups in total. The highest BCUT2D eigenvalue weighted by molar-refractivity contribution is 5.78. The average molecular weight is 277 g/mol. The van der Waals surface area contributed by atoms with Crippen LogP contribution in [0.15, 0.2) is 0 Å². The maximum absolute atomic E-state index is 2.20. The first-order valence-corrected chi connectivity index (χ1v) is 6.81. The molecule has 0 atom stereocenters. The minimum Gasteiger partial charge on any atom is -0.333 e. The Balaban J connectivity index is -0.000000238. The summed E-state index contributed by atoms with van der Waals surface area (Å²) in [6, 6.07) is 0. The average Bonchev–Trinajstić information content (AvgIpc) is 1.94. The zero-order chi connectivity index (χ0) is 16.4. The minimum atomic E-state index is 0.602. The highest BCUT2D eigenvalue weighted by Gasteiger charge is 2.14. The van der Waals surface area contributed by atoms with Crippen LogP contribution in [0.25, 0.3) is 0 Å². The van der Waals surface area contributed by atoms with E-state index in [2.05, 4.69) is 79.7 Å². The molecule has 0 aliphatic rings. The van der Waals surface area contributed by atoms with Crippen LogP contribution < -0.4 is 0 Å². The molecule has 4 nitrogen and oxygen atoms in total. The van der Waals surface area contributed by atoms with Gasteiger partial charge in [-0.15, -0.1) is 0 Å². The van der Waals surface area contributed by atoms with Crippen molar-refractivity contribution in [3.05, 3.63) is 0 Å². The van der Waals surface area contributed by atoms with Gasteiger partial charge in [-0.3, -0.25) is 9.48 Å². The number of rotatable bonds is 1. The number of nitrogens with zero attached hydrogens (tertiary/aromatic N) is 4. The highest BCUT2D eigenvalue weighted by Crippen LogP contribution is 1.97. The van der Waals surface area contributed by atoms with E-state index in [-0.39, 0.29) is 0 Å². The summed E-state index contributed by atoms with van der Waals surface area (Å²) in [6.45, 7) is 4.41. The molecule has 19 heavy (non-hydrogen) atoms. The molecule has 118 valence electrons. The third-order valence-corrected chi connectivity index (χ3v) is 1.43. The lowest BCUT2D eigenvalue weighted by atomic mass is 10.2. The molecule has 0 aliphatic heterocycles. The van der Waals surface area contributed by atoms with Crippen molar-refractivity contribution in [2.45, 2.75) is 13.8 Å². The zero-order valence-electron chi connectivity index (χ0n) is 15.9. The van der Waals surface area contributed by atoms with E-state index in [0.29, 0.717) is 5.92 Å². The van der Waals surface area contributed by atoms with Gasteiger partial charge in [0, 0.05) is 0 Å². The topological polar surface area (TPSA) is 9.49 Å². The molecule has 0 saturated carbocycles. The van der Waals surface area contributed by atoms with E-state index in [0.717, 1.165) is 4.48 Å². The standard InChI is InChI=1S/C8H19N2.C4H12N.C3H9N/c1-7(2)8(9(3)4)10(5)6;1-5(2,3)4;1-4(2)3/h7H,1-6H3;1-4H3;1-3H3/q2*+1;. The fourth-order valence-corrected chi connectivity index (χ4v) is 1.43. The lowest BCUT2D eigenvalue weighted by molar-refractivity contribution is -0.849. The van der Waals surface area contributed by atoms with Crippen molar-refractivity contribution in [2.75, 3.05) is 77.5 Å². The van der Waals surface area contributed by atoms with Crippen LogP contribution in [0.2, 0.25) is 0 Å². The first-order chi connectivity index (χ1) is 8.20. The van der Waals surface area contributed by atoms with Gasteiger partial charge in [-0.05, 0) is 21.1 Å². The maximum Gasteiger partial charge on any atom is 0.248 e. The second kappa shape index (κ2) is 11.2. The summed E-state index contributed by atoms with van der Waals surface area (Å²) >= 11 is 0. The van der Waals surface area contributed by atoms with Crippen molar-refractivity contribution in [1.82, 2.24) is 9.80 Å². The summed E-state index contributed by atoms with van der Waals surface area (Å²) in [4.78, 5) is 4.16. The first-order valence-electron chi connectivity index (χ1n) is 6.81. The molecule has 0 spiro atoms. The van der Waals surface area contributed by atoms with Crippen LogP contribution in [0.1, 0.15) is 13.8 Å². The molecular formula is C15H40N4+2. The van der Waals surface area contributed by atoms with Gasteiger partial charge in [0.2, 0.25) is 5.84 Å². The van der Waals surface area contributed by atoms with Gasteiger partial charge in [0.05, 0.1) is 62.3 Å². The number of hydrogen-bond acceptors (Lipinski definition) is 1. The predicted octanol–water partition coefficient (Wildman–Crippen LogP) is 1.37. The Labute approximate surface area is 122 Å². The van der Waals surface area contributed by atoms with Gasteiger partial charge in [0.15, 0.2) is 0 Å². The van der Waals surface area contributed by atoms with Crippen molar-refractivity contribution < 1.29 is 9.06 Å². The van der Waals surface area contributed by atoms with Gasteiger partial charge in [-0.2, -0.15) is 0 Å². The SMILES string of the molecule is CC(C)C(N(C)C)=[N+](C)C.CN(C)C.C[N+](C)(C)C. The summed E-state index contributed by atoms with van der Waals surface area (Å²) in [5.41, 5.74) is 0. The van der Waals surface area contributed by atoms with Crippen LogP contribution in [0.3, 0.4) is 0 Å². The molecule has 0 aromatic rings. The first kappa shape index (κ1) is 23.5. The van der Waals surface area contributed by atoms with Crippen LogP contribution in [-0.2, 0) is 0 Å². The maximum atomic E-state index is 2.20. The Morgan fingerprint density at radius 1 is 0.842 bits per heavy atom. The van der Waals surface area contributed by atoms with E-state index in [1.807, 2.05) is 26.0 Å². The van der Waals surface area contributed by atoms with E-state index in [1.54, 1.807) is 0 Å². The summed E-state index contributed by atoms with van der Waals surface area (Å²) in [6.07, 6.45) is 0. The molecule has 0 heterocycles. The van der Waals surface area contributed by atoms with Gasteiger partial charge in [0.25, 0.3) is 0 Å². The van der Waals surface area contributed by atoms with Crippen LogP contribution in [-0.4, -0.2) is 102 Å². The molecule has 0 aromatic carbocycles. The Kier molecular flexibility index (Phi) is 13.9. The Bertz CT molecular complexity index is 212. The van der Waals surface area contributed by atoms with Crippen LogP contribution >= 0.6 is 0 Å². The fourth-order valence-electron chi connectivity index (χ4n) is 1.43. The molecule has 0 rings (SSSR count). The van der Waals surface area contributed by atoms with Crippen molar-refractivity contribution in [3.63, 3.8) is 0 Å². The lowest BCUT2D eigenvalue weighted by Crippen LogP contribution is -2.33. The largest absolute Gasteiger partial charge is 0.333 e. The minimum absolute atomic E-state index is 0.602. The monoisotopic (exact) mass is 276 g/mol.